The molecule has 0 spiro atoms. The molecule has 1 saturated carbocycles. The van der Waals surface area contributed by atoms with Gasteiger partial charge in [-0.15, -0.1) is 0 Å². The van der Waals surface area contributed by atoms with Crippen molar-refractivity contribution in [2.24, 2.45) is 11.8 Å². The molecule has 1 aliphatic carbocycles. The highest BCUT2D eigenvalue weighted by Gasteiger charge is 2.42. The fourth-order valence-electron chi connectivity index (χ4n) is 2.72. The molecule has 1 atom stereocenters. The largest absolute Gasteiger partial charge is 0.390 e. The number of aliphatic hydroxyl groups is 1. The smallest absolute Gasteiger partial charge is 0.0700 e. The van der Waals surface area contributed by atoms with Crippen LogP contribution in [0, 0.1) is 11.8 Å². The second-order valence-corrected chi connectivity index (χ2v) is 4.92. The summed E-state index contributed by atoms with van der Waals surface area (Å²) in [5.74, 6) is 1.07. The summed E-state index contributed by atoms with van der Waals surface area (Å²) in [7, 11) is 0. The maximum Gasteiger partial charge on any atom is 0.0700 e. The average molecular weight is 183 g/mol. The zero-order valence-corrected chi connectivity index (χ0v) is 8.55. The van der Waals surface area contributed by atoms with Crippen LogP contribution in [0.4, 0.5) is 0 Å². The molecule has 0 radical (unpaired) electrons. The third-order valence-corrected chi connectivity index (χ3v) is 4.04. The monoisotopic (exact) mass is 183 g/mol. The molecule has 2 nitrogen and oxygen atoms in total. The Balaban J connectivity index is 1.94. The van der Waals surface area contributed by atoms with E-state index >= 15 is 0 Å². The van der Waals surface area contributed by atoms with Gasteiger partial charge in [0, 0.05) is 19.0 Å². The van der Waals surface area contributed by atoms with Gasteiger partial charge in [0.1, 0.15) is 0 Å². The Hall–Kier alpha value is -0.0800. The van der Waals surface area contributed by atoms with E-state index in [2.05, 4.69) is 12.2 Å². The van der Waals surface area contributed by atoms with Crippen LogP contribution < -0.4 is 5.32 Å². The van der Waals surface area contributed by atoms with Crippen LogP contribution in [0.3, 0.4) is 0 Å². The first-order valence-electron chi connectivity index (χ1n) is 5.64. The Bertz CT molecular complexity index is 169. The maximum absolute atomic E-state index is 10.4. The maximum atomic E-state index is 10.4. The average Bonchev–Trinajstić information content (AvgIpc) is 2.02. The molecule has 0 bridgehead atoms. The van der Waals surface area contributed by atoms with Crippen molar-refractivity contribution in [2.45, 2.75) is 44.6 Å². The highest BCUT2D eigenvalue weighted by molar-refractivity contribution is 4.96. The molecule has 0 aromatic carbocycles. The van der Waals surface area contributed by atoms with Crippen LogP contribution in [0.25, 0.3) is 0 Å². The van der Waals surface area contributed by atoms with Crippen molar-refractivity contribution in [3.05, 3.63) is 0 Å². The van der Waals surface area contributed by atoms with Gasteiger partial charge in [-0.2, -0.15) is 0 Å². The van der Waals surface area contributed by atoms with Crippen molar-refractivity contribution in [1.82, 2.24) is 5.32 Å². The summed E-state index contributed by atoms with van der Waals surface area (Å²) in [4.78, 5) is 0. The van der Waals surface area contributed by atoms with Crippen molar-refractivity contribution in [1.29, 1.82) is 0 Å². The van der Waals surface area contributed by atoms with Crippen LogP contribution in [0.1, 0.15) is 39.0 Å². The van der Waals surface area contributed by atoms with E-state index in [-0.39, 0.29) is 0 Å². The summed E-state index contributed by atoms with van der Waals surface area (Å²) in [6, 6.07) is 0. The van der Waals surface area contributed by atoms with Crippen molar-refractivity contribution in [3.63, 3.8) is 0 Å². The first-order valence-corrected chi connectivity index (χ1v) is 5.64. The minimum atomic E-state index is -0.397. The van der Waals surface area contributed by atoms with Gasteiger partial charge in [0.25, 0.3) is 0 Å². The van der Waals surface area contributed by atoms with E-state index in [1.165, 1.54) is 32.1 Å². The van der Waals surface area contributed by atoms with E-state index in [0.29, 0.717) is 11.8 Å². The van der Waals surface area contributed by atoms with Crippen molar-refractivity contribution >= 4 is 0 Å². The molecule has 1 saturated heterocycles. The Labute approximate surface area is 80.7 Å². The number of hydrogen-bond acceptors (Lipinski definition) is 2. The molecule has 0 aromatic rings. The summed E-state index contributed by atoms with van der Waals surface area (Å²) in [5.41, 5.74) is -0.397. The third kappa shape index (κ3) is 1.75. The molecule has 2 fully saturated rings. The summed E-state index contributed by atoms with van der Waals surface area (Å²) in [6.45, 7) is 4.08. The zero-order chi connectivity index (χ0) is 9.31. The van der Waals surface area contributed by atoms with Crippen LogP contribution in [0.5, 0.6) is 0 Å². The Morgan fingerprint density at radius 2 is 1.69 bits per heavy atom. The molecule has 76 valence electrons. The molecule has 0 aromatic heterocycles. The molecule has 0 amide bonds. The van der Waals surface area contributed by atoms with Crippen LogP contribution in [-0.4, -0.2) is 23.8 Å². The van der Waals surface area contributed by atoms with Crippen LogP contribution in [0.2, 0.25) is 0 Å². The SMILES string of the molecule is CC(O)(C1CCCCC1)C1CNC1. The number of hydrogen-bond donors (Lipinski definition) is 2. The zero-order valence-electron chi connectivity index (χ0n) is 8.55. The van der Waals surface area contributed by atoms with E-state index < -0.39 is 5.60 Å². The number of rotatable bonds is 2. The van der Waals surface area contributed by atoms with Gasteiger partial charge < -0.3 is 10.4 Å². The Kier molecular flexibility index (Phi) is 2.61. The predicted octanol–water partition coefficient (Wildman–Crippen LogP) is 1.54. The molecule has 13 heavy (non-hydrogen) atoms. The molecular formula is C11H21NO. The molecule has 1 unspecified atom stereocenters. The predicted molar refractivity (Wildman–Crippen MR) is 53.6 cm³/mol. The minimum absolute atomic E-state index is 0.397. The molecule has 2 heteroatoms. The van der Waals surface area contributed by atoms with Gasteiger partial charge in [-0.25, -0.2) is 0 Å². The van der Waals surface area contributed by atoms with Crippen molar-refractivity contribution in [3.8, 4) is 0 Å². The second-order valence-electron chi connectivity index (χ2n) is 4.92. The van der Waals surface area contributed by atoms with E-state index in [1.54, 1.807) is 0 Å². The van der Waals surface area contributed by atoms with E-state index in [4.69, 9.17) is 0 Å². The molecule has 2 N–H and O–H groups in total. The van der Waals surface area contributed by atoms with Gasteiger partial charge in [-0.05, 0) is 25.7 Å². The first-order chi connectivity index (χ1) is 6.21. The lowest BCUT2D eigenvalue weighted by molar-refractivity contribution is -0.0814. The standard InChI is InChI=1S/C11H21NO/c1-11(13,10-7-12-8-10)9-5-3-2-4-6-9/h9-10,12-13H,2-8H2,1H3. The van der Waals surface area contributed by atoms with Crippen LogP contribution >= 0.6 is 0 Å². The lowest BCUT2D eigenvalue weighted by atomic mass is 9.70. The molecular weight excluding hydrogens is 162 g/mol. The van der Waals surface area contributed by atoms with E-state index in [1.807, 2.05) is 0 Å². The topological polar surface area (TPSA) is 32.3 Å². The minimum Gasteiger partial charge on any atom is -0.390 e. The van der Waals surface area contributed by atoms with Gasteiger partial charge in [-0.1, -0.05) is 19.3 Å². The fourth-order valence-corrected chi connectivity index (χ4v) is 2.72. The van der Waals surface area contributed by atoms with Crippen LogP contribution in [0.15, 0.2) is 0 Å². The quantitative estimate of drug-likeness (QED) is 0.680. The Morgan fingerprint density at radius 1 is 1.08 bits per heavy atom. The molecule has 1 heterocycles. The highest BCUT2D eigenvalue weighted by atomic mass is 16.3. The van der Waals surface area contributed by atoms with Gasteiger partial charge >= 0.3 is 0 Å². The highest BCUT2D eigenvalue weighted by Crippen LogP contribution is 2.38. The van der Waals surface area contributed by atoms with Gasteiger partial charge in [-0.3, -0.25) is 0 Å². The first kappa shape index (κ1) is 9.47. The van der Waals surface area contributed by atoms with Gasteiger partial charge in [0.15, 0.2) is 0 Å². The lowest BCUT2D eigenvalue weighted by Gasteiger charge is -2.45. The second kappa shape index (κ2) is 3.58. The molecule has 2 aliphatic rings. The van der Waals surface area contributed by atoms with Crippen molar-refractivity contribution in [2.75, 3.05) is 13.1 Å². The van der Waals surface area contributed by atoms with Crippen LogP contribution in [-0.2, 0) is 0 Å². The van der Waals surface area contributed by atoms with E-state index in [9.17, 15) is 5.11 Å². The Morgan fingerprint density at radius 3 is 2.15 bits per heavy atom. The molecule has 1 aliphatic heterocycles. The number of nitrogens with one attached hydrogen (secondary N) is 1. The summed E-state index contributed by atoms with van der Waals surface area (Å²) >= 11 is 0. The molecule has 2 rings (SSSR count). The normalized spacial score (nSPS) is 30.9. The van der Waals surface area contributed by atoms with Crippen molar-refractivity contribution < 1.29 is 5.11 Å². The fraction of sp³-hybridized carbons (Fsp3) is 1.00. The van der Waals surface area contributed by atoms with E-state index in [0.717, 1.165) is 13.1 Å². The van der Waals surface area contributed by atoms with Gasteiger partial charge in [0.2, 0.25) is 0 Å². The summed E-state index contributed by atoms with van der Waals surface area (Å²) < 4.78 is 0. The third-order valence-electron chi connectivity index (χ3n) is 4.04. The lowest BCUT2D eigenvalue weighted by Crippen LogP contribution is -2.57. The summed E-state index contributed by atoms with van der Waals surface area (Å²) in [5, 5.41) is 13.7. The summed E-state index contributed by atoms with van der Waals surface area (Å²) in [6.07, 6.45) is 6.49. The van der Waals surface area contributed by atoms with Gasteiger partial charge in [0.05, 0.1) is 5.60 Å².